The number of hydroxylamine groups is 2. The van der Waals surface area contributed by atoms with Crippen molar-refractivity contribution in [3.05, 3.63) is 17.5 Å². The van der Waals surface area contributed by atoms with Gasteiger partial charge in [-0.05, 0) is 24.7 Å². The molecule has 9 nitrogen and oxygen atoms in total. The number of carbonyl (C=O) groups is 1. The number of rotatable bonds is 4. The molecule has 23 heavy (non-hydrogen) atoms. The minimum absolute atomic E-state index is 0.177. The molecule has 3 fully saturated rings. The van der Waals surface area contributed by atoms with Crippen LogP contribution in [-0.4, -0.2) is 46.7 Å². The Morgan fingerprint density at radius 1 is 1.52 bits per heavy atom. The number of piperidine rings is 1. The van der Waals surface area contributed by atoms with Crippen LogP contribution in [0.1, 0.15) is 43.7 Å². The van der Waals surface area contributed by atoms with Gasteiger partial charge in [-0.2, -0.15) is 13.5 Å². The molecule has 2 atom stereocenters. The van der Waals surface area contributed by atoms with E-state index in [-0.39, 0.29) is 17.5 Å². The first-order valence-corrected chi connectivity index (χ1v) is 8.92. The molecule has 2 amide bonds. The quantitative estimate of drug-likeness (QED) is 0.820. The first-order valence-electron chi connectivity index (χ1n) is 7.55. The number of urea groups is 1. The van der Waals surface area contributed by atoms with Gasteiger partial charge in [0.05, 0.1) is 12.1 Å². The predicted octanol–water partition coefficient (Wildman–Crippen LogP) is 1.30. The van der Waals surface area contributed by atoms with Gasteiger partial charge in [0.25, 0.3) is 0 Å². The monoisotopic (exact) mass is 343 g/mol. The first kappa shape index (κ1) is 14.9. The van der Waals surface area contributed by atoms with Gasteiger partial charge in [0, 0.05) is 19.0 Å². The van der Waals surface area contributed by atoms with Crippen LogP contribution in [0.25, 0.3) is 0 Å². The van der Waals surface area contributed by atoms with Gasteiger partial charge in [0.2, 0.25) is 0 Å². The Morgan fingerprint density at radius 2 is 2.26 bits per heavy atom. The SMILES string of the molecule is CCc1cc([C@@H]2CC3(CC3)C3CN2C(=O)N3OS(=O)(=O)O)no1. The van der Waals surface area contributed by atoms with Crippen LogP contribution in [0, 0.1) is 5.41 Å². The summed E-state index contributed by atoms with van der Waals surface area (Å²) in [5.41, 5.74) is 0.497. The third-order valence-corrected chi connectivity index (χ3v) is 5.45. The van der Waals surface area contributed by atoms with Crippen LogP contribution >= 0.6 is 0 Å². The zero-order valence-electron chi connectivity index (χ0n) is 12.5. The summed E-state index contributed by atoms with van der Waals surface area (Å²) in [4.78, 5) is 14.1. The van der Waals surface area contributed by atoms with Crippen LogP contribution in [0.4, 0.5) is 4.79 Å². The van der Waals surface area contributed by atoms with Gasteiger partial charge in [-0.15, -0.1) is 4.28 Å². The predicted molar refractivity (Wildman–Crippen MR) is 75.3 cm³/mol. The van der Waals surface area contributed by atoms with Gasteiger partial charge in [-0.3, -0.25) is 4.55 Å². The van der Waals surface area contributed by atoms with E-state index in [1.807, 2.05) is 13.0 Å². The van der Waals surface area contributed by atoms with Crippen molar-refractivity contribution < 1.29 is 26.6 Å². The lowest BCUT2D eigenvalue weighted by Gasteiger charge is -2.35. The first-order chi connectivity index (χ1) is 10.8. The molecule has 0 radical (unpaired) electrons. The fraction of sp³-hybridized carbons (Fsp3) is 0.692. The maximum Gasteiger partial charge on any atom is 0.418 e. The van der Waals surface area contributed by atoms with Crippen molar-refractivity contribution in [2.45, 2.75) is 44.7 Å². The Hall–Kier alpha value is -1.65. The average Bonchev–Trinajstić information content (AvgIpc) is 2.98. The molecule has 3 aliphatic rings. The average molecular weight is 343 g/mol. The molecule has 3 heterocycles. The molecule has 1 aromatic heterocycles. The number of aromatic nitrogens is 1. The van der Waals surface area contributed by atoms with Crippen LogP contribution in [0.15, 0.2) is 10.6 Å². The Balaban J connectivity index is 1.67. The van der Waals surface area contributed by atoms with E-state index in [9.17, 15) is 13.2 Å². The molecule has 126 valence electrons. The lowest BCUT2D eigenvalue weighted by Crippen LogP contribution is -2.43. The summed E-state index contributed by atoms with van der Waals surface area (Å²) in [7, 11) is -4.74. The van der Waals surface area contributed by atoms with E-state index >= 15 is 0 Å². The number of hydrogen-bond donors (Lipinski definition) is 1. The van der Waals surface area contributed by atoms with Gasteiger partial charge in [-0.1, -0.05) is 12.1 Å². The second kappa shape index (κ2) is 4.68. The van der Waals surface area contributed by atoms with E-state index < -0.39 is 16.4 Å². The second-order valence-electron chi connectivity index (χ2n) is 6.43. The van der Waals surface area contributed by atoms with Gasteiger partial charge >= 0.3 is 16.4 Å². The van der Waals surface area contributed by atoms with E-state index in [1.54, 1.807) is 0 Å². The van der Waals surface area contributed by atoms with Crippen LogP contribution in [0.2, 0.25) is 0 Å². The van der Waals surface area contributed by atoms with E-state index in [1.165, 1.54) is 4.90 Å². The number of carbonyl (C=O) groups excluding carboxylic acids is 1. The molecule has 2 saturated heterocycles. The van der Waals surface area contributed by atoms with E-state index in [0.717, 1.165) is 23.7 Å². The molecular formula is C13H17N3O6S. The Morgan fingerprint density at radius 3 is 2.83 bits per heavy atom. The maximum atomic E-state index is 12.5. The zero-order valence-corrected chi connectivity index (χ0v) is 13.3. The van der Waals surface area contributed by atoms with Crippen molar-refractivity contribution in [3.63, 3.8) is 0 Å². The summed E-state index contributed by atoms with van der Waals surface area (Å²) < 4.78 is 40.8. The third-order valence-electron chi connectivity index (χ3n) is 5.10. The fourth-order valence-electron chi connectivity index (χ4n) is 3.73. The standard InChI is InChI=1S/C13H17N3O6S/c1-2-8-5-9(14-21-8)10-6-13(3-4-13)11-7-15(10)12(17)16(11)22-23(18,19)20/h5,10-11H,2-4,6-7H2,1H3,(H,18,19,20)/t10-,11?/m0/s1. The van der Waals surface area contributed by atoms with E-state index in [2.05, 4.69) is 9.44 Å². The molecule has 10 heteroatoms. The highest BCUT2D eigenvalue weighted by molar-refractivity contribution is 7.80. The molecule has 0 aromatic carbocycles. The molecule has 2 aliphatic heterocycles. The molecular weight excluding hydrogens is 326 g/mol. The van der Waals surface area contributed by atoms with Crippen LogP contribution in [0.3, 0.4) is 0 Å². The Kier molecular flexibility index (Phi) is 3.03. The van der Waals surface area contributed by atoms with Crippen molar-refractivity contribution in [2.75, 3.05) is 6.54 Å². The largest absolute Gasteiger partial charge is 0.418 e. The van der Waals surface area contributed by atoms with Gasteiger partial charge in [0.15, 0.2) is 0 Å². The number of amides is 2. The molecule has 1 unspecified atom stereocenters. The normalized spacial score (nSPS) is 28.7. The zero-order chi connectivity index (χ0) is 16.4. The topological polar surface area (TPSA) is 113 Å². The Bertz CT molecular complexity index is 756. The van der Waals surface area contributed by atoms with Gasteiger partial charge in [0.1, 0.15) is 11.5 Å². The smallest absolute Gasteiger partial charge is 0.361 e. The van der Waals surface area contributed by atoms with Gasteiger partial charge in [-0.25, -0.2) is 4.79 Å². The van der Waals surface area contributed by atoms with Crippen LogP contribution in [0.5, 0.6) is 0 Å². The summed E-state index contributed by atoms with van der Waals surface area (Å²) in [5, 5.41) is 4.87. The fourth-order valence-corrected chi connectivity index (χ4v) is 4.10. The van der Waals surface area contributed by atoms with Crippen molar-refractivity contribution in [3.8, 4) is 0 Å². The molecule has 4 rings (SSSR count). The number of fused-ring (bicyclic) bond motifs is 3. The minimum atomic E-state index is -4.74. The molecule has 1 aliphatic carbocycles. The van der Waals surface area contributed by atoms with Crippen molar-refractivity contribution in [2.24, 2.45) is 5.41 Å². The second-order valence-corrected chi connectivity index (χ2v) is 7.44. The molecule has 2 bridgehead atoms. The highest BCUT2D eigenvalue weighted by Gasteiger charge is 2.64. The van der Waals surface area contributed by atoms with Crippen molar-refractivity contribution >= 4 is 16.4 Å². The summed E-state index contributed by atoms with van der Waals surface area (Å²) in [6, 6.07) is 0.633. The molecule has 1 aromatic rings. The lowest BCUT2D eigenvalue weighted by molar-refractivity contribution is -0.0527. The van der Waals surface area contributed by atoms with Crippen molar-refractivity contribution in [1.82, 2.24) is 15.1 Å². The lowest BCUT2D eigenvalue weighted by atomic mass is 9.84. The summed E-state index contributed by atoms with van der Waals surface area (Å²) >= 11 is 0. The summed E-state index contributed by atoms with van der Waals surface area (Å²) in [5.74, 6) is 0.740. The number of aryl methyl sites for hydroxylation is 1. The highest BCUT2D eigenvalue weighted by Crippen LogP contribution is 2.61. The highest BCUT2D eigenvalue weighted by atomic mass is 32.3. The van der Waals surface area contributed by atoms with Gasteiger partial charge < -0.3 is 9.42 Å². The molecule has 1 N–H and O–H groups in total. The van der Waals surface area contributed by atoms with Crippen LogP contribution in [-0.2, 0) is 21.1 Å². The summed E-state index contributed by atoms with van der Waals surface area (Å²) in [6.45, 7) is 2.31. The van der Waals surface area contributed by atoms with Crippen molar-refractivity contribution in [1.29, 1.82) is 0 Å². The van der Waals surface area contributed by atoms with Crippen LogP contribution < -0.4 is 0 Å². The van der Waals surface area contributed by atoms with E-state index in [4.69, 9.17) is 9.08 Å². The molecule has 1 saturated carbocycles. The van der Waals surface area contributed by atoms with E-state index in [0.29, 0.717) is 25.1 Å². The molecule has 1 spiro atoms. The number of nitrogens with zero attached hydrogens (tertiary/aromatic N) is 3. The summed E-state index contributed by atoms with van der Waals surface area (Å²) in [6.07, 6.45) is 3.17. The Labute approximate surface area is 133 Å². The maximum absolute atomic E-state index is 12.5. The minimum Gasteiger partial charge on any atom is -0.361 e. The number of hydrogen-bond acceptors (Lipinski definition) is 6. The third kappa shape index (κ3) is 2.32.